The lowest BCUT2D eigenvalue weighted by Crippen LogP contribution is -2.28. The summed E-state index contributed by atoms with van der Waals surface area (Å²) >= 11 is 0. The molecule has 0 N–H and O–H groups in total. The van der Waals surface area contributed by atoms with E-state index in [4.69, 9.17) is 9.05 Å². The monoisotopic (exact) mass is 610 g/mol. The van der Waals surface area contributed by atoms with Gasteiger partial charge in [-0.2, -0.15) is 26.3 Å². The van der Waals surface area contributed by atoms with Crippen LogP contribution in [0.2, 0.25) is 0 Å². The van der Waals surface area contributed by atoms with Gasteiger partial charge in [-0.25, -0.2) is 0 Å². The Balaban J connectivity index is 2.85. The molecule has 2 aromatic rings. The summed E-state index contributed by atoms with van der Waals surface area (Å²) < 4.78 is 95.1. The van der Waals surface area contributed by atoms with E-state index in [1.807, 2.05) is 83.1 Å². The van der Waals surface area contributed by atoms with Gasteiger partial charge in [-0.15, -0.1) is 0 Å². The zero-order chi connectivity index (χ0) is 31.3. The third-order valence-corrected chi connectivity index (χ3v) is 11.3. The largest absolute Gasteiger partial charge is 0.473 e. The minimum absolute atomic E-state index is 0.137. The standard InChI is InChI=1S/C30H42F6O2P2/c1-25(2,3)39(26(4,5)6)37-23-15-20(16-24(18-23)38-40(27(7,8)9)28(10,11)12)19-13-21(29(31,32)33)17-22(14-19)30(34,35)36/h13-18H,1-12H3. The van der Waals surface area contributed by atoms with Crippen LogP contribution in [0.3, 0.4) is 0 Å². The first kappa shape index (κ1) is 34.7. The second-order valence-corrected chi connectivity index (χ2v) is 20.9. The summed E-state index contributed by atoms with van der Waals surface area (Å²) in [5.41, 5.74) is -2.81. The molecule has 2 aromatic carbocycles. The second-order valence-electron chi connectivity index (χ2n) is 13.9. The first-order valence-corrected chi connectivity index (χ1v) is 15.5. The summed E-state index contributed by atoms with van der Waals surface area (Å²) in [6, 6.07) is 6.33. The van der Waals surface area contributed by atoms with Gasteiger partial charge >= 0.3 is 12.4 Å². The van der Waals surface area contributed by atoms with Crippen molar-refractivity contribution in [2.75, 3.05) is 0 Å². The van der Waals surface area contributed by atoms with Crippen LogP contribution in [0.25, 0.3) is 11.1 Å². The van der Waals surface area contributed by atoms with Crippen LogP contribution in [0.5, 0.6) is 11.5 Å². The highest BCUT2D eigenvalue weighted by molar-refractivity contribution is 7.56. The molecule has 0 fully saturated rings. The summed E-state index contributed by atoms with van der Waals surface area (Å²) in [4.78, 5) is 0. The molecule has 0 aliphatic carbocycles. The molecule has 0 heterocycles. The van der Waals surface area contributed by atoms with Gasteiger partial charge < -0.3 is 9.05 Å². The summed E-state index contributed by atoms with van der Waals surface area (Å²) in [6.45, 7) is 24.6. The maximum absolute atomic E-state index is 13.7. The molecule has 0 aliphatic heterocycles. The molecule has 40 heavy (non-hydrogen) atoms. The lowest BCUT2D eigenvalue weighted by molar-refractivity contribution is -0.143. The second kappa shape index (κ2) is 11.3. The molecule has 0 bridgehead atoms. The number of halogens is 6. The topological polar surface area (TPSA) is 18.5 Å². The molecule has 226 valence electrons. The van der Waals surface area contributed by atoms with E-state index >= 15 is 0 Å². The van der Waals surface area contributed by atoms with Gasteiger partial charge in [0, 0.05) is 26.7 Å². The predicted molar refractivity (Wildman–Crippen MR) is 156 cm³/mol. The van der Waals surface area contributed by atoms with Crippen LogP contribution in [-0.2, 0) is 12.4 Å². The molecular weight excluding hydrogens is 568 g/mol. The van der Waals surface area contributed by atoms with Gasteiger partial charge in [-0.3, -0.25) is 0 Å². The highest BCUT2D eigenvalue weighted by Crippen LogP contribution is 2.62. The van der Waals surface area contributed by atoms with E-state index in [0.29, 0.717) is 11.5 Å². The minimum Gasteiger partial charge on any atom is -0.473 e. The Labute approximate surface area is 237 Å². The van der Waals surface area contributed by atoms with E-state index in [1.165, 1.54) is 12.1 Å². The van der Waals surface area contributed by atoms with Crippen LogP contribution < -0.4 is 9.05 Å². The highest BCUT2D eigenvalue weighted by atomic mass is 31.1. The van der Waals surface area contributed by atoms with Crippen LogP contribution in [0.15, 0.2) is 36.4 Å². The molecule has 0 saturated carbocycles. The molecule has 0 radical (unpaired) electrons. The fourth-order valence-electron chi connectivity index (χ4n) is 4.74. The third-order valence-electron chi connectivity index (χ3n) is 5.63. The summed E-state index contributed by atoms with van der Waals surface area (Å²) in [7, 11) is -2.28. The zero-order valence-electron chi connectivity index (χ0n) is 25.4. The minimum atomic E-state index is -4.96. The van der Waals surface area contributed by atoms with Crippen molar-refractivity contribution in [2.24, 2.45) is 0 Å². The van der Waals surface area contributed by atoms with E-state index in [2.05, 4.69) is 0 Å². The Hall–Kier alpha value is -1.52. The van der Waals surface area contributed by atoms with Gasteiger partial charge in [0.2, 0.25) is 0 Å². The van der Waals surface area contributed by atoms with Gasteiger partial charge in [0.25, 0.3) is 0 Å². The zero-order valence-corrected chi connectivity index (χ0v) is 27.2. The SMILES string of the molecule is CC(C)(C)P(Oc1cc(OP(C(C)(C)C)C(C)(C)C)cc(-c2cc(C(F)(F)F)cc(C(F)(F)F)c2)c1)C(C)(C)C. The van der Waals surface area contributed by atoms with Crippen LogP contribution >= 0.6 is 16.3 Å². The first-order chi connectivity index (χ1) is 17.6. The molecule has 0 saturated heterocycles. The fourth-order valence-corrected chi connectivity index (χ4v) is 10.5. The lowest BCUT2D eigenvalue weighted by Gasteiger charge is -2.41. The quantitative estimate of drug-likeness (QED) is 0.248. The molecule has 2 rings (SSSR count). The van der Waals surface area contributed by atoms with Gasteiger partial charge in [-0.1, -0.05) is 83.1 Å². The summed E-state index contributed by atoms with van der Waals surface area (Å²) in [5.74, 6) is 0.680. The van der Waals surface area contributed by atoms with Crippen molar-refractivity contribution in [2.45, 2.75) is 116 Å². The van der Waals surface area contributed by atoms with Crippen molar-refractivity contribution in [3.63, 3.8) is 0 Å². The van der Waals surface area contributed by atoms with E-state index in [1.54, 1.807) is 6.07 Å². The molecule has 0 amide bonds. The maximum Gasteiger partial charge on any atom is 0.416 e. The van der Waals surface area contributed by atoms with Crippen molar-refractivity contribution < 1.29 is 35.4 Å². The number of alkyl halides is 6. The van der Waals surface area contributed by atoms with Crippen molar-refractivity contribution in [1.82, 2.24) is 0 Å². The Morgan fingerprint density at radius 3 is 0.950 bits per heavy atom. The molecule has 0 spiro atoms. The average Bonchev–Trinajstić information content (AvgIpc) is 2.71. The molecule has 2 nitrogen and oxygen atoms in total. The van der Waals surface area contributed by atoms with E-state index in [9.17, 15) is 26.3 Å². The summed E-state index contributed by atoms with van der Waals surface area (Å²) in [5, 5.41) is -1.02. The van der Waals surface area contributed by atoms with Crippen LogP contribution in [-0.4, -0.2) is 20.6 Å². The van der Waals surface area contributed by atoms with Gasteiger partial charge in [0.05, 0.1) is 27.4 Å². The Morgan fingerprint density at radius 1 is 0.425 bits per heavy atom. The molecule has 10 heteroatoms. The number of benzene rings is 2. The van der Waals surface area contributed by atoms with Crippen molar-refractivity contribution in [3.8, 4) is 22.6 Å². The van der Waals surface area contributed by atoms with E-state index < -0.39 is 39.8 Å². The predicted octanol–water partition coefficient (Wildman–Crippen LogP) is 12.1. The Bertz CT molecular complexity index is 1070. The molecule has 0 atom stereocenters. The average molecular weight is 611 g/mol. The van der Waals surface area contributed by atoms with Crippen molar-refractivity contribution in [1.29, 1.82) is 0 Å². The first-order valence-electron chi connectivity index (χ1n) is 13.0. The molecule has 0 aromatic heterocycles. The van der Waals surface area contributed by atoms with Crippen molar-refractivity contribution in [3.05, 3.63) is 47.5 Å². The van der Waals surface area contributed by atoms with Crippen LogP contribution in [0, 0.1) is 0 Å². The number of rotatable bonds is 5. The van der Waals surface area contributed by atoms with Gasteiger partial charge in [0.15, 0.2) is 0 Å². The van der Waals surface area contributed by atoms with Gasteiger partial charge in [0.1, 0.15) is 11.5 Å². The van der Waals surface area contributed by atoms with E-state index in [0.717, 1.165) is 12.1 Å². The Morgan fingerprint density at radius 2 is 0.700 bits per heavy atom. The number of hydrogen-bond acceptors (Lipinski definition) is 2. The van der Waals surface area contributed by atoms with E-state index in [-0.39, 0.29) is 37.8 Å². The fraction of sp³-hybridized carbons (Fsp3) is 0.600. The highest BCUT2D eigenvalue weighted by Gasteiger charge is 2.40. The van der Waals surface area contributed by atoms with Crippen LogP contribution in [0.1, 0.15) is 94.2 Å². The molecule has 0 aliphatic rings. The maximum atomic E-state index is 13.7. The summed E-state index contributed by atoms with van der Waals surface area (Å²) in [6.07, 6.45) is -9.91. The molecular formula is C30H42F6O2P2. The smallest absolute Gasteiger partial charge is 0.416 e. The van der Waals surface area contributed by atoms with Crippen LogP contribution in [0.4, 0.5) is 26.3 Å². The normalized spacial score (nSPS) is 14.2. The van der Waals surface area contributed by atoms with Crippen molar-refractivity contribution >= 4 is 16.3 Å². The third kappa shape index (κ3) is 9.24. The molecule has 0 unspecified atom stereocenters. The Kier molecular flexibility index (Phi) is 9.78. The number of hydrogen-bond donors (Lipinski definition) is 0. The van der Waals surface area contributed by atoms with Gasteiger partial charge in [-0.05, 0) is 41.5 Å². The lowest BCUT2D eigenvalue weighted by atomic mass is 9.98.